The van der Waals surface area contributed by atoms with Gasteiger partial charge in [0.1, 0.15) is 0 Å². The minimum Gasteiger partial charge on any atom is -0.298 e. The second kappa shape index (κ2) is 4.44. The van der Waals surface area contributed by atoms with Crippen molar-refractivity contribution in [1.82, 2.24) is 15.2 Å². The van der Waals surface area contributed by atoms with Gasteiger partial charge in [0.25, 0.3) is 5.91 Å². The van der Waals surface area contributed by atoms with Gasteiger partial charge < -0.3 is 0 Å². The maximum Gasteiger partial charge on any atom is 0.260 e. The average Bonchev–Trinajstić information content (AvgIpc) is 2.87. The summed E-state index contributed by atoms with van der Waals surface area (Å²) < 4.78 is 0. The Morgan fingerprint density at radius 3 is 3.00 bits per heavy atom. The van der Waals surface area contributed by atoms with Crippen molar-refractivity contribution in [3.05, 3.63) is 28.5 Å². The monoisotopic (exact) mass is 236 g/mol. The van der Waals surface area contributed by atoms with Gasteiger partial charge in [-0.25, -0.2) is 4.98 Å². The third-order valence-electron chi connectivity index (χ3n) is 2.21. The first-order valence-corrected chi connectivity index (χ1v) is 5.78. The predicted molar refractivity (Wildman–Crippen MR) is 62.8 cm³/mol. The SMILES string of the molecule is CCc1nc(NC(=O)c2cn[nH]c2)sc1C. The molecular formula is C10H12N4OS. The number of aryl methyl sites for hydroxylation is 2. The van der Waals surface area contributed by atoms with Gasteiger partial charge in [-0.05, 0) is 13.3 Å². The number of amides is 1. The fraction of sp³-hybridized carbons (Fsp3) is 0.300. The predicted octanol–water partition coefficient (Wildman–Crippen LogP) is 1.99. The van der Waals surface area contributed by atoms with E-state index >= 15 is 0 Å². The van der Waals surface area contributed by atoms with Gasteiger partial charge in [0.2, 0.25) is 0 Å². The first-order valence-electron chi connectivity index (χ1n) is 4.97. The molecule has 2 heterocycles. The maximum atomic E-state index is 11.7. The van der Waals surface area contributed by atoms with Crippen LogP contribution >= 0.6 is 11.3 Å². The molecule has 6 heteroatoms. The van der Waals surface area contributed by atoms with Crippen LogP contribution in [0.1, 0.15) is 27.9 Å². The molecule has 0 saturated carbocycles. The summed E-state index contributed by atoms with van der Waals surface area (Å²) in [5.74, 6) is -0.190. The van der Waals surface area contributed by atoms with E-state index in [0.717, 1.165) is 17.0 Å². The Kier molecular flexibility index (Phi) is 3.00. The van der Waals surface area contributed by atoms with E-state index in [1.807, 2.05) is 13.8 Å². The van der Waals surface area contributed by atoms with Crippen molar-refractivity contribution in [2.24, 2.45) is 0 Å². The summed E-state index contributed by atoms with van der Waals surface area (Å²) in [5, 5.41) is 9.71. The molecule has 16 heavy (non-hydrogen) atoms. The van der Waals surface area contributed by atoms with Crippen LogP contribution in [0.5, 0.6) is 0 Å². The molecule has 0 aliphatic heterocycles. The molecule has 0 aliphatic carbocycles. The van der Waals surface area contributed by atoms with Crippen molar-refractivity contribution in [3.8, 4) is 0 Å². The smallest absolute Gasteiger partial charge is 0.260 e. The minimum atomic E-state index is -0.190. The van der Waals surface area contributed by atoms with Crippen LogP contribution in [0.4, 0.5) is 5.13 Å². The highest BCUT2D eigenvalue weighted by Crippen LogP contribution is 2.22. The number of aromatic nitrogens is 3. The Labute approximate surface area is 96.9 Å². The lowest BCUT2D eigenvalue weighted by atomic mass is 10.3. The van der Waals surface area contributed by atoms with Crippen LogP contribution in [0.3, 0.4) is 0 Å². The van der Waals surface area contributed by atoms with E-state index in [2.05, 4.69) is 20.5 Å². The first kappa shape index (κ1) is 10.8. The van der Waals surface area contributed by atoms with Crippen LogP contribution in [0.2, 0.25) is 0 Å². The van der Waals surface area contributed by atoms with E-state index in [-0.39, 0.29) is 5.91 Å². The van der Waals surface area contributed by atoms with Crippen LogP contribution in [0, 0.1) is 6.92 Å². The van der Waals surface area contributed by atoms with Crippen molar-refractivity contribution >= 4 is 22.4 Å². The number of hydrogen-bond donors (Lipinski definition) is 2. The molecule has 2 rings (SSSR count). The average molecular weight is 236 g/mol. The third-order valence-corrected chi connectivity index (χ3v) is 3.14. The summed E-state index contributed by atoms with van der Waals surface area (Å²) in [6.07, 6.45) is 3.91. The number of carbonyl (C=O) groups excluding carboxylic acids is 1. The summed E-state index contributed by atoms with van der Waals surface area (Å²) in [6.45, 7) is 4.05. The zero-order valence-corrected chi connectivity index (χ0v) is 9.89. The quantitative estimate of drug-likeness (QED) is 0.856. The van der Waals surface area contributed by atoms with Crippen molar-refractivity contribution in [1.29, 1.82) is 0 Å². The number of aromatic amines is 1. The lowest BCUT2D eigenvalue weighted by Gasteiger charge is -1.96. The molecule has 5 nitrogen and oxygen atoms in total. The van der Waals surface area contributed by atoms with Crippen molar-refractivity contribution in [2.75, 3.05) is 5.32 Å². The molecule has 0 radical (unpaired) electrons. The van der Waals surface area contributed by atoms with Crippen LogP contribution < -0.4 is 5.32 Å². The number of nitrogens with one attached hydrogen (secondary N) is 2. The molecule has 0 unspecified atom stereocenters. The number of thiazole rings is 1. The number of H-pyrrole nitrogens is 1. The van der Waals surface area contributed by atoms with Gasteiger partial charge in [0.15, 0.2) is 5.13 Å². The van der Waals surface area contributed by atoms with E-state index < -0.39 is 0 Å². The number of rotatable bonds is 3. The van der Waals surface area contributed by atoms with Gasteiger partial charge in [-0.1, -0.05) is 6.92 Å². The van der Waals surface area contributed by atoms with Crippen LogP contribution in [-0.2, 0) is 6.42 Å². The van der Waals surface area contributed by atoms with E-state index in [1.165, 1.54) is 17.5 Å². The number of anilines is 1. The zero-order chi connectivity index (χ0) is 11.5. The molecule has 2 aromatic rings. The molecule has 0 fully saturated rings. The van der Waals surface area contributed by atoms with Crippen molar-refractivity contribution < 1.29 is 4.79 Å². The molecule has 0 aromatic carbocycles. The van der Waals surface area contributed by atoms with Crippen molar-refractivity contribution in [2.45, 2.75) is 20.3 Å². The highest BCUT2D eigenvalue weighted by molar-refractivity contribution is 7.15. The second-order valence-electron chi connectivity index (χ2n) is 3.32. The first-order chi connectivity index (χ1) is 7.70. The molecule has 0 atom stereocenters. The molecule has 2 N–H and O–H groups in total. The molecule has 0 spiro atoms. The van der Waals surface area contributed by atoms with E-state index in [1.54, 1.807) is 6.20 Å². The van der Waals surface area contributed by atoms with Gasteiger partial charge in [-0.2, -0.15) is 5.10 Å². The third kappa shape index (κ3) is 2.11. The molecule has 0 saturated heterocycles. The Bertz CT molecular complexity index is 489. The summed E-state index contributed by atoms with van der Waals surface area (Å²) in [6, 6.07) is 0. The van der Waals surface area contributed by atoms with Crippen LogP contribution in [-0.4, -0.2) is 21.1 Å². The maximum absolute atomic E-state index is 11.7. The molecule has 0 bridgehead atoms. The van der Waals surface area contributed by atoms with Gasteiger partial charge in [-0.15, -0.1) is 11.3 Å². The lowest BCUT2D eigenvalue weighted by molar-refractivity contribution is 0.102. The summed E-state index contributed by atoms with van der Waals surface area (Å²) in [5.41, 5.74) is 1.54. The fourth-order valence-electron chi connectivity index (χ4n) is 1.35. The molecule has 0 aliphatic rings. The van der Waals surface area contributed by atoms with Crippen molar-refractivity contribution in [3.63, 3.8) is 0 Å². The largest absolute Gasteiger partial charge is 0.298 e. The number of carbonyl (C=O) groups is 1. The number of hydrogen-bond acceptors (Lipinski definition) is 4. The highest BCUT2D eigenvalue weighted by atomic mass is 32.1. The summed E-state index contributed by atoms with van der Waals surface area (Å²) >= 11 is 1.49. The van der Waals surface area contributed by atoms with E-state index in [4.69, 9.17) is 0 Å². The summed E-state index contributed by atoms with van der Waals surface area (Å²) in [4.78, 5) is 17.2. The van der Waals surface area contributed by atoms with E-state index in [0.29, 0.717) is 10.7 Å². The van der Waals surface area contributed by atoms with Crippen LogP contribution in [0.15, 0.2) is 12.4 Å². The Hall–Kier alpha value is -1.69. The fourth-order valence-corrected chi connectivity index (χ4v) is 2.25. The van der Waals surface area contributed by atoms with Gasteiger partial charge in [0, 0.05) is 11.1 Å². The molecule has 2 aromatic heterocycles. The topological polar surface area (TPSA) is 70.7 Å². The van der Waals surface area contributed by atoms with Gasteiger partial charge >= 0.3 is 0 Å². The highest BCUT2D eigenvalue weighted by Gasteiger charge is 2.11. The molecular weight excluding hydrogens is 224 g/mol. The Morgan fingerprint density at radius 2 is 2.44 bits per heavy atom. The minimum absolute atomic E-state index is 0.190. The van der Waals surface area contributed by atoms with Gasteiger partial charge in [0.05, 0.1) is 17.5 Å². The Morgan fingerprint density at radius 1 is 1.62 bits per heavy atom. The Balaban J connectivity index is 2.12. The zero-order valence-electron chi connectivity index (χ0n) is 9.07. The summed E-state index contributed by atoms with van der Waals surface area (Å²) in [7, 11) is 0. The molecule has 1 amide bonds. The standard InChI is InChI=1S/C10H12N4OS/c1-3-8-6(2)16-10(13-8)14-9(15)7-4-11-12-5-7/h4-5H,3H2,1-2H3,(H,11,12)(H,13,14,15). The molecule has 84 valence electrons. The van der Waals surface area contributed by atoms with Gasteiger partial charge in [-0.3, -0.25) is 15.2 Å². The normalized spacial score (nSPS) is 10.4. The second-order valence-corrected chi connectivity index (χ2v) is 4.52. The lowest BCUT2D eigenvalue weighted by Crippen LogP contribution is -2.10. The number of nitrogens with zero attached hydrogens (tertiary/aromatic N) is 2. The van der Waals surface area contributed by atoms with Crippen LogP contribution in [0.25, 0.3) is 0 Å². The van der Waals surface area contributed by atoms with E-state index in [9.17, 15) is 4.79 Å².